The minimum absolute atomic E-state index is 0.433. The van der Waals surface area contributed by atoms with E-state index in [9.17, 15) is 19.4 Å². The highest BCUT2D eigenvalue weighted by Gasteiger charge is 2.45. The van der Waals surface area contributed by atoms with Crippen LogP contribution < -0.4 is 0 Å². The van der Waals surface area contributed by atoms with Crippen LogP contribution in [-0.4, -0.2) is 41.8 Å². The Balaban J connectivity index is 4.87. The topological polar surface area (TPSA) is 57.5 Å². The lowest BCUT2D eigenvalue weighted by Crippen LogP contribution is -2.50. The minimum Gasteiger partial charge on any atom is -0.390 e. The average Bonchev–Trinajstić information content (AvgIpc) is 2.14. The molecule has 2 N–H and O–H groups in total. The lowest BCUT2D eigenvalue weighted by Gasteiger charge is -2.34. The molecule has 0 aromatic rings. The molecular formula is C11H22ClFO3Si. The Morgan fingerprint density at radius 3 is 2.00 bits per heavy atom. The SMILES string of the molecule is C[SiH](C)C(F)(CC(O)C(O)C(C)(C)C)C(=O)Cl. The van der Waals surface area contributed by atoms with Crippen LogP contribution in [0.2, 0.25) is 13.1 Å². The van der Waals surface area contributed by atoms with Gasteiger partial charge in [0.15, 0.2) is 5.29 Å². The van der Waals surface area contributed by atoms with E-state index in [1.165, 1.54) is 0 Å². The predicted molar refractivity (Wildman–Crippen MR) is 69.7 cm³/mol. The van der Waals surface area contributed by atoms with Gasteiger partial charge < -0.3 is 10.2 Å². The Kier molecular flexibility index (Phi) is 5.79. The molecule has 0 fully saturated rings. The van der Waals surface area contributed by atoms with Crippen LogP contribution in [0.1, 0.15) is 27.2 Å². The molecule has 102 valence electrons. The zero-order valence-corrected chi connectivity index (χ0v) is 12.9. The molecule has 0 heterocycles. The van der Waals surface area contributed by atoms with E-state index < -0.39 is 43.4 Å². The molecule has 0 saturated heterocycles. The normalized spacial score (nSPS) is 19.9. The smallest absolute Gasteiger partial charge is 0.255 e. The summed E-state index contributed by atoms with van der Waals surface area (Å²) < 4.78 is 14.3. The summed E-state index contributed by atoms with van der Waals surface area (Å²) >= 11 is 5.27. The number of hydrogen-bond acceptors (Lipinski definition) is 3. The van der Waals surface area contributed by atoms with Crippen molar-refractivity contribution in [2.24, 2.45) is 5.41 Å². The summed E-state index contributed by atoms with van der Waals surface area (Å²) in [5.74, 6) is 0. The molecule has 0 spiro atoms. The molecule has 3 unspecified atom stereocenters. The summed E-state index contributed by atoms with van der Waals surface area (Å²) in [7, 11) is -2.03. The van der Waals surface area contributed by atoms with Gasteiger partial charge >= 0.3 is 0 Å². The fraction of sp³-hybridized carbons (Fsp3) is 0.909. The van der Waals surface area contributed by atoms with E-state index in [0.29, 0.717) is 0 Å². The molecule has 6 heteroatoms. The number of aliphatic hydroxyl groups is 2. The van der Waals surface area contributed by atoms with Gasteiger partial charge in [-0.1, -0.05) is 33.9 Å². The van der Waals surface area contributed by atoms with Gasteiger partial charge in [-0.2, -0.15) is 0 Å². The Bertz CT molecular complexity index is 280. The molecule has 3 nitrogen and oxygen atoms in total. The fourth-order valence-electron chi connectivity index (χ4n) is 1.54. The first-order chi connectivity index (χ1) is 7.43. The maximum Gasteiger partial charge on any atom is 0.255 e. The maximum absolute atomic E-state index is 14.3. The molecule has 3 atom stereocenters. The summed E-state index contributed by atoms with van der Waals surface area (Å²) in [4.78, 5) is 11.1. The van der Waals surface area contributed by atoms with Gasteiger partial charge in [0.25, 0.3) is 5.24 Å². The quantitative estimate of drug-likeness (QED) is 0.596. The number of carbonyl (C=O) groups is 1. The molecule has 0 bridgehead atoms. The van der Waals surface area contributed by atoms with Gasteiger partial charge in [0.05, 0.1) is 21.0 Å². The summed E-state index contributed by atoms with van der Waals surface area (Å²) in [6.45, 7) is 8.50. The van der Waals surface area contributed by atoms with Gasteiger partial charge in [0.2, 0.25) is 0 Å². The third-order valence-corrected chi connectivity index (χ3v) is 5.83. The van der Waals surface area contributed by atoms with Gasteiger partial charge in [-0.05, 0) is 17.0 Å². The first-order valence-electron chi connectivity index (χ1n) is 5.68. The van der Waals surface area contributed by atoms with Crippen molar-refractivity contribution in [1.82, 2.24) is 0 Å². The Hall–Kier alpha value is 0.0269. The minimum atomic E-state index is -2.17. The Morgan fingerprint density at radius 2 is 1.76 bits per heavy atom. The number of rotatable bonds is 5. The van der Waals surface area contributed by atoms with Crippen molar-refractivity contribution in [2.75, 3.05) is 0 Å². The van der Waals surface area contributed by atoms with Crippen LogP contribution in [0.15, 0.2) is 0 Å². The summed E-state index contributed by atoms with van der Waals surface area (Å²) in [5.41, 5.74) is -0.575. The van der Waals surface area contributed by atoms with Crippen molar-refractivity contribution in [1.29, 1.82) is 0 Å². The van der Waals surface area contributed by atoms with E-state index >= 15 is 0 Å². The van der Waals surface area contributed by atoms with Crippen molar-refractivity contribution >= 4 is 25.6 Å². The molecule has 0 amide bonds. The monoisotopic (exact) mass is 284 g/mol. The van der Waals surface area contributed by atoms with E-state index in [1.54, 1.807) is 33.9 Å². The summed E-state index contributed by atoms with van der Waals surface area (Å²) in [6, 6.07) is 0. The van der Waals surface area contributed by atoms with Crippen LogP contribution in [0.3, 0.4) is 0 Å². The van der Waals surface area contributed by atoms with Crippen molar-refractivity contribution in [3.05, 3.63) is 0 Å². The van der Waals surface area contributed by atoms with E-state index in [0.717, 1.165) is 0 Å². The van der Waals surface area contributed by atoms with E-state index in [2.05, 4.69) is 0 Å². The third kappa shape index (κ3) is 4.32. The van der Waals surface area contributed by atoms with E-state index in [-0.39, 0.29) is 0 Å². The largest absolute Gasteiger partial charge is 0.390 e. The van der Waals surface area contributed by atoms with Crippen LogP contribution in [0.4, 0.5) is 4.39 Å². The molecule has 0 aromatic heterocycles. The first-order valence-corrected chi connectivity index (χ1v) is 8.94. The van der Waals surface area contributed by atoms with Crippen molar-refractivity contribution < 1.29 is 19.4 Å². The number of hydrogen-bond donors (Lipinski definition) is 2. The predicted octanol–water partition coefficient (Wildman–Crippen LogP) is 1.64. The standard InChI is InChI=1S/C11H22ClFO3Si/c1-10(2,3)8(15)7(14)6-11(13,9(12)16)17(4)5/h7-8,14-15,17H,6H2,1-5H3. The highest BCUT2D eigenvalue weighted by atomic mass is 35.5. The second-order valence-corrected chi connectivity index (χ2v) is 9.44. The molecule has 0 radical (unpaired) electrons. The van der Waals surface area contributed by atoms with Crippen molar-refractivity contribution in [3.8, 4) is 0 Å². The third-order valence-electron chi connectivity index (χ3n) is 3.00. The maximum atomic E-state index is 14.3. The van der Waals surface area contributed by atoms with Gasteiger partial charge in [-0.3, -0.25) is 4.79 Å². The average molecular weight is 285 g/mol. The van der Waals surface area contributed by atoms with Crippen LogP contribution >= 0.6 is 11.6 Å². The van der Waals surface area contributed by atoms with E-state index in [1.807, 2.05) is 0 Å². The van der Waals surface area contributed by atoms with Crippen LogP contribution in [-0.2, 0) is 4.79 Å². The highest BCUT2D eigenvalue weighted by Crippen LogP contribution is 2.30. The Labute approximate surface area is 109 Å². The lowest BCUT2D eigenvalue weighted by atomic mass is 9.84. The highest BCUT2D eigenvalue weighted by molar-refractivity contribution is 6.77. The second-order valence-electron chi connectivity index (χ2n) is 5.87. The molecular weight excluding hydrogens is 263 g/mol. The lowest BCUT2D eigenvalue weighted by molar-refractivity contribution is -0.122. The van der Waals surface area contributed by atoms with E-state index in [4.69, 9.17) is 11.6 Å². The molecule has 0 aliphatic rings. The summed E-state index contributed by atoms with van der Waals surface area (Å²) in [6.07, 6.45) is -2.82. The molecule has 0 rings (SSSR count). The molecule has 0 aromatic carbocycles. The molecule has 0 saturated carbocycles. The van der Waals surface area contributed by atoms with Gasteiger partial charge in [0.1, 0.15) is 0 Å². The number of alkyl halides is 1. The summed E-state index contributed by atoms with van der Waals surface area (Å²) in [5, 5.41) is 16.4. The second kappa shape index (κ2) is 5.78. The van der Waals surface area contributed by atoms with Crippen molar-refractivity contribution in [2.45, 2.75) is 57.8 Å². The van der Waals surface area contributed by atoms with Gasteiger partial charge in [-0.25, -0.2) is 4.39 Å². The van der Waals surface area contributed by atoms with Gasteiger partial charge in [0, 0.05) is 6.42 Å². The zero-order valence-electron chi connectivity index (χ0n) is 11.0. The zero-order chi connectivity index (χ0) is 14.0. The number of halogens is 2. The Morgan fingerprint density at radius 1 is 1.35 bits per heavy atom. The molecule has 17 heavy (non-hydrogen) atoms. The van der Waals surface area contributed by atoms with Crippen LogP contribution in [0.25, 0.3) is 0 Å². The molecule has 0 aliphatic carbocycles. The van der Waals surface area contributed by atoms with Crippen LogP contribution in [0, 0.1) is 5.41 Å². The van der Waals surface area contributed by atoms with Gasteiger partial charge in [-0.15, -0.1) is 0 Å². The van der Waals surface area contributed by atoms with Crippen molar-refractivity contribution in [3.63, 3.8) is 0 Å². The number of carbonyl (C=O) groups excluding carboxylic acids is 1. The number of aliphatic hydroxyl groups excluding tert-OH is 2. The fourth-order valence-corrected chi connectivity index (χ4v) is 3.43. The first kappa shape index (κ1) is 17.0. The molecule has 0 aliphatic heterocycles. The van der Waals surface area contributed by atoms with Crippen LogP contribution in [0.5, 0.6) is 0 Å².